The highest BCUT2D eigenvalue weighted by Gasteiger charge is 2.30. The molecule has 2 fully saturated rings. The zero-order valence-electron chi connectivity index (χ0n) is 11.0. The van der Waals surface area contributed by atoms with E-state index in [4.69, 9.17) is 9.47 Å². The van der Waals surface area contributed by atoms with Gasteiger partial charge in [-0.2, -0.15) is 0 Å². The van der Waals surface area contributed by atoms with E-state index in [9.17, 15) is 4.79 Å². The largest absolute Gasteiger partial charge is 0.415 e. The molecule has 4 heteroatoms. The first kappa shape index (κ1) is 12.5. The first-order valence-electron chi connectivity index (χ1n) is 6.94. The van der Waals surface area contributed by atoms with Gasteiger partial charge in [0.05, 0.1) is 12.6 Å². The van der Waals surface area contributed by atoms with Crippen LogP contribution in [0.4, 0.5) is 4.79 Å². The van der Waals surface area contributed by atoms with Crippen LogP contribution in [0.5, 0.6) is 5.75 Å². The molecule has 1 heterocycles. The minimum atomic E-state index is -0.274. The lowest BCUT2D eigenvalue weighted by Gasteiger charge is -2.16. The Labute approximate surface area is 113 Å². The predicted octanol–water partition coefficient (Wildman–Crippen LogP) is 2.69. The van der Waals surface area contributed by atoms with Crippen LogP contribution in [0.2, 0.25) is 0 Å². The number of hydrogen-bond donors (Lipinski definition) is 0. The van der Waals surface area contributed by atoms with E-state index in [1.165, 1.54) is 12.8 Å². The molecule has 1 saturated carbocycles. The molecule has 1 aromatic rings. The molecule has 1 aliphatic heterocycles. The molecule has 0 spiro atoms. The van der Waals surface area contributed by atoms with Gasteiger partial charge in [-0.05, 0) is 37.3 Å². The van der Waals surface area contributed by atoms with E-state index in [0.29, 0.717) is 12.3 Å². The Morgan fingerprint density at radius 3 is 2.74 bits per heavy atom. The third-order valence-electron chi connectivity index (χ3n) is 3.62. The number of rotatable bonds is 4. The maximum atomic E-state index is 12.0. The molecule has 19 heavy (non-hydrogen) atoms. The van der Waals surface area contributed by atoms with Crippen LogP contribution in [0, 0.1) is 5.92 Å². The van der Waals surface area contributed by atoms with Gasteiger partial charge in [-0.25, -0.2) is 4.79 Å². The van der Waals surface area contributed by atoms with Crippen LogP contribution < -0.4 is 4.74 Å². The maximum absolute atomic E-state index is 12.0. The zero-order valence-corrected chi connectivity index (χ0v) is 11.0. The van der Waals surface area contributed by atoms with Crippen molar-refractivity contribution < 1.29 is 14.3 Å². The van der Waals surface area contributed by atoms with E-state index >= 15 is 0 Å². The fraction of sp³-hybridized carbons (Fsp3) is 0.533. The van der Waals surface area contributed by atoms with Gasteiger partial charge in [0.15, 0.2) is 0 Å². The molecule has 1 unspecified atom stereocenters. The number of para-hydroxylation sites is 1. The van der Waals surface area contributed by atoms with E-state index in [1.54, 1.807) is 17.0 Å². The lowest BCUT2D eigenvalue weighted by Crippen LogP contribution is -2.32. The summed E-state index contributed by atoms with van der Waals surface area (Å²) >= 11 is 0. The number of nitrogens with zero attached hydrogens (tertiary/aromatic N) is 1. The number of benzene rings is 1. The highest BCUT2D eigenvalue weighted by Crippen LogP contribution is 2.30. The molecule has 1 atom stereocenters. The molecule has 1 saturated heterocycles. The van der Waals surface area contributed by atoms with Gasteiger partial charge in [0.2, 0.25) is 0 Å². The summed E-state index contributed by atoms with van der Waals surface area (Å²) in [4.78, 5) is 13.7. The molecule has 0 radical (unpaired) electrons. The summed E-state index contributed by atoms with van der Waals surface area (Å²) in [5.74, 6) is 1.36. The third kappa shape index (κ3) is 3.47. The molecule has 102 valence electrons. The van der Waals surface area contributed by atoms with E-state index in [2.05, 4.69) is 0 Å². The van der Waals surface area contributed by atoms with Gasteiger partial charge in [-0.3, -0.25) is 0 Å². The average Bonchev–Trinajstić information content (AvgIpc) is 3.14. The number of likely N-dealkylation sites (tertiary alicyclic amines) is 1. The average molecular weight is 261 g/mol. The quantitative estimate of drug-likeness (QED) is 0.836. The molecule has 2 aliphatic rings. The summed E-state index contributed by atoms with van der Waals surface area (Å²) in [6.45, 7) is 2.23. The molecule has 1 aliphatic carbocycles. The van der Waals surface area contributed by atoms with E-state index in [-0.39, 0.29) is 12.2 Å². The second-order valence-electron chi connectivity index (χ2n) is 5.31. The van der Waals surface area contributed by atoms with Crippen molar-refractivity contribution in [2.24, 2.45) is 5.92 Å². The molecular weight excluding hydrogens is 242 g/mol. The Bertz CT molecular complexity index is 430. The van der Waals surface area contributed by atoms with Crippen molar-refractivity contribution in [3.63, 3.8) is 0 Å². The van der Waals surface area contributed by atoms with Gasteiger partial charge in [0.25, 0.3) is 0 Å². The first-order valence-corrected chi connectivity index (χ1v) is 6.94. The van der Waals surface area contributed by atoms with Crippen molar-refractivity contribution in [1.82, 2.24) is 4.90 Å². The minimum absolute atomic E-state index is 0.184. The topological polar surface area (TPSA) is 38.8 Å². The second kappa shape index (κ2) is 5.61. The second-order valence-corrected chi connectivity index (χ2v) is 5.31. The Hall–Kier alpha value is -1.55. The Morgan fingerprint density at radius 2 is 2.00 bits per heavy atom. The molecule has 1 amide bonds. The van der Waals surface area contributed by atoms with E-state index in [0.717, 1.165) is 25.5 Å². The summed E-state index contributed by atoms with van der Waals surface area (Å²) in [5, 5.41) is 0. The highest BCUT2D eigenvalue weighted by atomic mass is 16.6. The SMILES string of the molecule is O=C(Oc1ccccc1)N1CCC(OCC2CC2)C1. The van der Waals surface area contributed by atoms with Crippen molar-refractivity contribution in [2.75, 3.05) is 19.7 Å². The predicted molar refractivity (Wildman–Crippen MR) is 71.1 cm³/mol. The van der Waals surface area contributed by atoms with Crippen LogP contribution in [0.3, 0.4) is 0 Å². The van der Waals surface area contributed by atoms with Crippen LogP contribution in [0.25, 0.3) is 0 Å². The number of ether oxygens (including phenoxy) is 2. The number of amides is 1. The molecular formula is C15H19NO3. The number of carbonyl (C=O) groups excluding carboxylic acids is 1. The smallest absolute Gasteiger partial charge is 0.410 e. The summed E-state index contributed by atoms with van der Waals surface area (Å²) < 4.78 is 11.1. The number of carbonyl (C=O) groups is 1. The Morgan fingerprint density at radius 1 is 1.21 bits per heavy atom. The van der Waals surface area contributed by atoms with Crippen molar-refractivity contribution >= 4 is 6.09 Å². The first-order chi connectivity index (χ1) is 9.31. The number of hydrogen-bond acceptors (Lipinski definition) is 3. The molecule has 3 rings (SSSR count). The minimum Gasteiger partial charge on any atom is -0.410 e. The van der Waals surface area contributed by atoms with Crippen LogP contribution in [0.15, 0.2) is 30.3 Å². The fourth-order valence-electron chi connectivity index (χ4n) is 2.24. The Balaban J connectivity index is 1.45. The molecule has 0 bridgehead atoms. The molecule has 4 nitrogen and oxygen atoms in total. The van der Waals surface area contributed by atoms with Crippen LogP contribution in [-0.4, -0.2) is 36.8 Å². The van der Waals surface area contributed by atoms with Crippen molar-refractivity contribution in [3.8, 4) is 5.75 Å². The molecule has 0 aromatic heterocycles. The van der Waals surface area contributed by atoms with Crippen LogP contribution in [-0.2, 0) is 4.74 Å². The van der Waals surface area contributed by atoms with Gasteiger partial charge in [-0.15, -0.1) is 0 Å². The van der Waals surface area contributed by atoms with Crippen LogP contribution in [0.1, 0.15) is 19.3 Å². The normalized spacial score (nSPS) is 22.5. The third-order valence-corrected chi connectivity index (χ3v) is 3.62. The van der Waals surface area contributed by atoms with Gasteiger partial charge in [0.1, 0.15) is 5.75 Å². The van der Waals surface area contributed by atoms with Gasteiger partial charge < -0.3 is 14.4 Å². The Kier molecular flexibility index (Phi) is 3.69. The van der Waals surface area contributed by atoms with E-state index in [1.807, 2.05) is 18.2 Å². The van der Waals surface area contributed by atoms with Crippen LogP contribution >= 0.6 is 0 Å². The van der Waals surface area contributed by atoms with Crippen molar-refractivity contribution in [2.45, 2.75) is 25.4 Å². The lowest BCUT2D eigenvalue weighted by atomic mass is 10.3. The molecule has 0 N–H and O–H groups in total. The van der Waals surface area contributed by atoms with Crippen molar-refractivity contribution in [1.29, 1.82) is 0 Å². The maximum Gasteiger partial charge on any atom is 0.415 e. The van der Waals surface area contributed by atoms with Gasteiger partial charge in [-0.1, -0.05) is 18.2 Å². The molecule has 1 aromatic carbocycles. The zero-order chi connectivity index (χ0) is 13.1. The van der Waals surface area contributed by atoms with E-state index < -0.39 is 0 Å². The summed E-state index contributed by atoms with van der Waals surface area (Å²) in [5.41, 5.74) is 0. The summed E-state index contributed by atoms with van der Waals surface area (Å²) in [7, 11) is 0. The standard InChI is InChI=1S/C15H19NO3/c17-15(19-13-4-2-1-3-5-13)16-9-8-14(10-16)18-11-12-6-7-12/h1-5,12,14H,6-11H2. The van der Waals surface area contributed by atoms with Gasteiger partial charge in [0, 0.05) is 13.2 Å². The fourth-order valence-corrected chi connectivity index (χ4v) is 2.24. The van der Waals surface area contributed by atoms with Crippen molar-refractivity contribution in [3.05, 3.63) is 30.3 Å². The lowest BCUT2D eigenvalue weighted by molar-refractivity contribution is 0.0520. The monoisotopic (exact) mass is 261 g/mol. The highest BCUT2D eigenvalue weighted by molar-refractivity contribution is 5.71. The van der Waals surface area contributed by atoms with Gasteiger partial charge >= 0.3 is 6.09 Å². The summed E-state index contributed by atoms with van der Waals surface area (Å²) in [6.07, 6.45) is 3.42. The summed E-state index contributed by atoms with van der Waals surface area (Å²) in [6, 6.07) is 9.18.